The van der Waals surface area contributed by atoms with Gasteiger partial charge in [-0.2, -0.15) is 13.2 Å². The molecular weight excluding hydrogens is 411 g/mol. The lowest BCUT2D eigenvalue weighted by atomic mass is 10.2. The summed E-state index contributed by atoms with van der Waals surface area (Å²) in [6.07, 6.45) is -4.58. The van der Waals surface area contributed by atoms with Crippen molar-refractivity contribution in [2.45, 2.75) is 38.8 Å². The van der Waals surface area contributed by atoms with E-state index in [4.69, 9.17) is 4.74 Å². The van der Waals surface area contributed by atoms with Gasteiger partial charge in [0.1, 0.15) is 17.1 Å². The molecule has 0 radical (unpaired) electrons. The molecule has 0 aliphatic rings. The van der Waals surface area contributed by atoms with Gasteiger partial charge in [-0.15, -0.1) is 0 Å². The highest BCUT2D eigenvalue weighted by Gasteiger charge is 2.30. The normalized spacial score (nSPS) is 10.8. The maximum absolute atomic E-state index is 12.7. The molecule has 0 aromatic heterocycles. The van der Waals surface area contributed by atoms with E-state index in [0.717, 1.165) is 37.4 Å². The lowest BCUT2D eigenvalue weighted by molar-refractivity contribution is -0.137. The van der Waals surface area contributed by atoms with Crippen LogP contribution in [0.25, 0.3) is 0 Å². The molecule has 0 saturated carbocycles. The summed E-state index contributed by atoms with van der Waals surface area (Å²) >= 11 is 0. The van der Waals surface area contributed by atoms with Crippen molar-refractivity contribution in [1.82, 2.24) is 4.72 Å². The van der Waals surface area contributed by atoms with Gasteiger partial charge in [0, 0.05) is 0 Å². The van der Waals surface area contributed by atoms with E-state index in [2.05, 4.69) is 0 Å². The Hall–Kier alpha value is -2.59. The van der Waals surface area contributed by atoms with Crippen molar-refractivity contribution in [2.24, 2.45) is 0 Å². The van der Waals surface area contributed by atoms with E-state index in [1.807, 2.05) is 32.4 Å². The maximum Gasteiger partial charge on any atom is 0.416 e. The second-order valence-electron chi connectivity index (χ2n) is 4.80. The number of alkyl halides is 3. The molecule has 0 spiro atoms. The van der Waals surface area contributed by atoms with Crippen LogP contribution in [0.3, 0.4) is 0 Å². The summed E-state index contributed by atoms with van der Waals surface area (Å²) in [5.41, 5.74) is -1.47. The number of rotatable bonds is 5. The van der Waals surface area contributed by atoms with Crippen molar-refractivity contribution in [1.29, 1.82) is 0 Å². The van der Waals surface area contributed by atoms with Crippen LogP contribution in [0.1, 0.15) is 43.6 Å². The second kappa shape index (κ2) is 11.4. The van der Waals surface area contributed by atoms with Gasteiger partial charge in [-0.3, -0.25) is 0 Å². The van der Waals surface area contributed by atoms with Gasteiger partial charge in [-0.25, -0.2) is 17.9 Å². The highest BCUT2D eigenvalue weighted by atomic mass is 32.2. The fraction of sp³-hybridized carbons (Fsp3) is 0.316. The Bertz CT molecular complexity index is 912. The van der Waals surface area contributed by atoms with Gasteiger partial charge in [0.15, 0.2) is 0 Å². The van der Waals surface area contributed by atoms with Crippen molar-refractivity contribution < 1.29 is 36.2 Å². The van der Waals surface area contributed by atoms with Crippen LogP contribution < -0.4 is 9.46 Å². The predicted octanol–water partition coefficient (Wildman–Crippen LogP) is 5.16. The van der Waals surface area contributed by atoms with E-state index < -0.39 is 33.3 Å². The number of halogens is 3. The minimum Gasteiger partial charge on any atom is -0.478 e. The summed E-state index contributed by atoms with van der Waals surface area (Å²) in [7, 11) is -2.73. The lowest BCUT2D eigenvalue weighted by Crippen LogP contribution is -2.19. The number of nitrogens with one attached hydrogen (secondary N) is 1. The van der Waals surface area contributed by atoms with E-state index in [1.54, 1.807) is 0 Å². The summed E-state index contributed by atoms with van der Waals surface area (Å²) in [5, 5.41) is 9.22. The Morgan fingerprint density at radius 2 is 1.62 bits per heavy atom. The molecule has 0 unspecified atom stereocenters. The minimum atomic E-state index is -4.58. The molecule has 2 rings (SSSR count). The van der Waals surface area contributed by atoms with Crippen LogP contribution in [0.5, 0.6) is 11.5 Å². The zero-order valence-electron chi connectivity index (χ0n) is 16.7. The molecule has 0 bridgehead atoms. The molecule has 2 aromatic rings. The number of sulfonamides is 1. The molecule has 0 fully saturated rings. The Morgan fingerprint density at radius 3 is 2.10 bits per heavy atom. The predicted molar refractivity (Wildman–Crippen MR) is 104 cm³/mol. The van der Waals surface area contributed by atoms with Crippen LogP contribution in [-0.4, -0.2) is 26.5 Å². The van der Waals surface area contributed by atoms with Gasteiger partial charge < -0.3 is 9.84 Å². The van der Waals surface area contributed by atoms with E-state index in [9.17, 15) is 31.5 Å². The monoisotopic (exact) mass is 435 g/mol. The molecule has 0 atom stereocenters. The first kappa shape index (κ1) is 26.4. The molecule has 29 heavy (non-hydrogen) atoms. The molecular formula is C19H24F3NO5S. The fourth-order valence-corrected chi connectivity index (χ4v) is 2.67. The van der Waals surface area contributed by atoms with E-state index >= 15 is 0 Å². The van der Waals surface area contributed by atoms with E-state index in [-0.39, 0.29) is 16.4 Å². The van der Waals surface area contributed by atoms with Crippen molar-refractivity contribution >= 4 is 16.0 Å². The topological polar surface area (TPSA) is 92.7 Å². The molecule has 2 N–H and O–H groups in total. The average Bonchev–Trinajstić information content (AvgIpc) is 2.70. The van der Waals surface area contributed by atoms with Crippen molar-refractivity contribution in [3.63, 3.8) is 0 Å². The first-order valence-corrected chi connectivity index (χ1v) is 10.2. The van der Waals surface area contributed by atoms with Crippen LogP contribution in [0.4, 0.5) is 13.2 Å². The number of benzene rings is 2. The fourth-order valence-electron chi connectivity index (χ4n) is 1.91. The highest BCUT2D eigenvalue weighted by Crippen LogP contribution is 2.34. The largest absolute Gasteiger partial charge is 0.478 e. The Labute approximate surface area is 168 Å². The van der Waals surface area contributed by atoms with Gasteiger partial charge in [0.2, 0.25) is 10.0 Å². The van der Waals surface area contributed by atoms with Crippen molar-refractivity contribution in [3.8, 4) is 11.5 Å². The lowest BCUT2D eigenvalue weighted by Gasteiger charge is -2.12. The summed E-state index contributed by atoms with van der Waals surface area (Å²) in [6.45, 7) is 8.00. The molecule has 0 amide bonds. The van der Waals surface area contributed by atoms with Gasteiger partial charge in [0.25, 0.3) is 0 Å². The third kappa shape index (κ3) is 7.39. The van der Waals surface area contributed by atoms with Crippen molar-refractivity contribution in [3.05, 3.63) is 53.6 Å². The second-order valence-corrected chi connectivity index (χ2v) is 6.68. The molecule has 10 heteroatoms. The number of hydrogen-bond acceptors (Lipinski definition) is 4. The van der Waals surface area contributed by atoms with E-state index in [1.165, 1.54) is 6.07 Å². The zero-order valence-corrected chi connectivity index (χ0v) is 17.5. The standard InChI is InChI=1S/C15H12F3NO5S.2C2H6/c1-19-25(22,23)11-5-6-13(12(8-11)14(20)21)24-10-4-2-3-9(7-10)15(16,17)18;2*1-2/h2-8,19H,1H3,(H,20,21);2*1-2H3. The Kier molecular flexibility index (Phi) is 10.4. The van der Waals surface area contributed by atoms with Crippen molar-refractivity contribution in [2.75, 3.05) is 7.05 Å². The first-order chi connectivity index (χ1) is 13.5. The van der Waals surface area contributed by atoms with Crippen LogP contribution in [0, 0.1) is 0 Å². The van der Waals surface area contributed by atoms with Gasteiger partial charge >= 0.3 is 12.1 Å². The maximum atomic E-state index is 12.7. The summed E-state index contributed by atoms with van der Waals surface area (Å²) < 4.78 is 68.8. The number of carbonyl (C=O) groups is 1. The molecule has 0 heterocycles. The number of carboxylic acids is 1. The van der Waals surface area contributed by atoms with Gasteiger partial charge in [-0.05, 0) is 43.4 Å². The SMILES string of the molecule is CC.CC.CNS(=O)(=O)c1ccc(Oc2cccc(C(F)(F)F)c2)c(C(=O)O)c1. The Balaban J connectivity index is 0.00000184. The van der Waals surface area contributed by atoms with Crippen LogP contribution >= 0.6 is 0 Å². The molecule has 0 aliphatic carbocycles. The molecule has 0 saturated heterocycles. The van der Waals surface area contributed by atoms with Crippen LogP contribution in [0.15, 0.2) is 47.4 Å². The quantitative estimate of drug-likeness (QED) is 0.677. The molecule has 0 aliphatic heterocycles. The first-order valence-electron chi connectivity index (χ1n) is 8.70. The molecule has 2 aromatic carbocycles. The number of hydrogen-bond donors (Lipinski definition) is 2. The van der Waals surface area contributed by atoms with Gasteiger partial charge in [0.05, 0.1) is 10.5 Å². The van der Waals surface area contributed by atoms with Crippen LogP contribution in [-0.2, 0) is 16.2 Å². The zero-order chi connectivity index (χ0) is 22.8. The summed E-state index contributed by atoms with van der Waals surface area (Å²) in [5.74, 6) is -2.02. The average molecular weight is 435 g/mol. The molecule has 162 valence electrons. The highest BCUT2D eigenvalue weighted by molar-refractivity contribution is 7.89. The van der Waals surface area contributed by atoms with Gasteiger partial charge in [-0.1, -0.05) is 33.8 Å². The number of carboxylic acid groups (broad SMARTS) is 1. The number of aromatic carboxylic acids is 1. The third-order valence-electron chi connectivity index (χ3n) is 3.15. The third-order valence-corrected chi connectivity index (χ3v) is 4.56. The summed E-state index contributed by atoms with van der Waals surface area (Å²) in [6, 6.07) is 6.89. The Morgan fingerprint density at radius 1 is 1.03 bits per heavy atom. The summed E-state index contributed by atoms with van der Waals surface area (Å²) in [4.78, 5) is 11.0. The molecule has 6 nitrogen and oxygen atoms in total. The van der Waals surface area contributed by atoms with Crippen LogP contribution in [0.2, 0.25) is 0 Å². The number of ether oxygens (including phenoxy) is 1. The minimum absolute atomic E-state index is 0.235. The smallest absolute Gasteiger partial charge is 0.416 e. The van der Waals surface area contributed by atoms with E-state index in [0.29, 0.717) is 6.07 Å².